The van der Waals surface area contributed by atoms with Crippen molar-refractivity contribution in [2.75, 3.05) is 20.7 Å². The van der Waals surface area contributed by atoms with E-state index < -0.39 is 16.2 Å². The van der Waals surface area contributed by atoms with Crippen LogP contribution in [0.1, 0.15) is 25.1 Å². The van der Waals surface area contributed by atoms with Gasteiger partial charge in [-0.3, -0.25) is 4.79 Å². The predicted molar refractivity (Wildman–Crippen MR) is 83.2 cm³/mol. The summed E-state index contributed by atoms with van der Waals surface area (Å²) in [5.74, 6) is -0.425. The van der Waals surface area contributed by atoms with Crippen molar-refractivity contribution < 1.29 is 17.9 Å². The van der Waals surface area contributed by atoms with Gasteiger partial charge in [-0.15, -0.1) is 11.3 Å². The SMILES string of the molecule is COC(=O)CCN(C)S(=O)(=O)N(Cc1cccs1)C(C)C. The first-order valence-electron chi connectivity index (χ1n) is 6.61. The molecule has 0 aliphatic carbocycles. The van der Waals surface area contributed by atoms with E-state index in [0.717, 1.165) is 4.88 Å². The highest BCUT2D eigenvalue weighted by molar-refractivity contribution is 7.86. The van der Waals surface area contributed by atoms with Crippen LogP contribution in [0, 0.1) is 0 Å². The Balaban J connectivity index is 2.81. The molecule has 0 aromatic carbocycles. The van der Waals surface area contributed by atoms with Crippen LogP contribution in [0.25, 0.3) is 0 Å². The molecule has 1 aromatic rings. The number of nitrogens with zero attached hydrogens (tertiary/aromatic N) is 2. The van der Waals surface area contributed by atoms with Crippen molar-refractivity contribution in [3.63, 3.8) is 0 Å². The third kappa shape index (κ3) is 5.06. The van der Waals surface area contributed by atoms with E-state index in [9.17, 15) is 13.2 Å². The number of thiophene rings is 1. The fraction of sp³-hybridized carbons (Fsp3) is 0.615. The highest BCUT2D eigenvalue weighted by Crippen LogP contribution is 2.19. The number of hydrogen-bond acceptors (Lipinski definition) is 5. The minimum atomic E-state index is -3.61. The monoisotopic (exact) mass is 334 g/mol. The maximum Gasteiger partial charge on any atom is 0.306 e. The molecule has 0 saturated carbocycles. The molecule has 6 nitrogen and oxygen atoms in total. The largest absolute Gasteiger partial charge is 0.469 e. The maximum absolute atomic E-state index is 12.6. The number of rotatable bonds is 8. The van der Waals surface area contributed by atoms with Gasteiger partial charge in [-0.25, -0.2) is 0 Å². The number of carbonyl (C=O) groups is 1. The molecule has 1 heterocycles. The second kappa shape index (κ2) is 7.88. The lowest BCUT2D eigenvalue weighted by Crippen LogP contribution is -2.45. The average molecular weight is 334 g/mol. The zero-order valence-corrected chi connectivity index (χ0v) is 14.4. The summed E-state index contributed by atoms with van der Waals surface area (Å²) in [6, 6.07) is 3.63. The predicted octanol–water partition coefficient (Wildman–Crippen LogP) is 1.70. The van der Waals surface area contributed by atoms with Crippen LogP contribution in [0.15, 0.2) is 17.5 Å². The third-order valence-electron chi connectivity index (χ3n) is 3.02. The van der Waals surface area contributed by atoms with Gasteiger partial charge in [-0.1, -0.05) is 6.07 Å². The highest BCUT2D eigenvalue weighted by Gasteiger charge is 2.29. The minimum Gasteiger partial charge on any atom is -0.469 e. The summed E-state index contributed by atoms with van der Waals surface area (Å²) >= 11 is 1.52. The van der Waals surface area contributed by atoms with Gasteiger partial charge >= 0.3 is 5.97 Å². The van der Waals surface area contributed by atoms with Crippen LogP contribution >= 0.6 is 11.3 Å². The molecular formula is C13H22N2O4S2. The lowest BCUT2D eigenvalue weighted by Gasteiger charge is -2.29. The number of methoxy groups -OCH3 is 1. The van der Waals surface area contributed by atoms with Crippen LogP contribution in [0.5, 0.6) is 0 Å². The Morgan fingerprint density at radius 2 is 2.10 bits per heavy atom. The summed E-state index contributed by atoms with van der Waals surface area (Å²) in [6.07, 6.45) is 0.0389. The quantitative estimate of drug-likeness (QED) is 0.679. The Morgan fingerprint density at radius 3 is 2.57 bits per heavy atom. The summed E-state index contributed by atoms with van der Waals surface area (Å²) in [5, 5.41) is 1.92. The summed E-state index contributed by atoms with van der Waals surface area (Å²) in [5.41, 5.74) is 0. The molecule has 0 radical (unpaired) electrons. The van der Waals surface area contributed by atoms with E-state index in [1.165, 1.54) is 34.1 Å². The Hall–Kier alpha value is -0.960. The normalized spacial score (nSPS) is 12.3. The van der Waals surface area contributed by atoms with Crippen molar-refractivity contribution >= 4 is 27.5 Å². The Bertz CT molecular complexity index is 541. The summed E-state index contributed by atoms with van der Waals surface area (Å²) in [4.78, 5) is 12.1. The van der Waals surface area contributed by atoms with Crippen molar-refractivity contribution in [2.24, 2.45) is 0 Å². The van der Waals surface area contributed by atoms with E-state index in [0.29, 0.717) is 6.54 Å². The molecule has 0 spiro atoms. The van der Waals surface area contributed by atoms with Crippen LogP contribution in [0.4, 0.5) is 0 Å². The van der Waals surface area contributed by atoms with Gasteiger partial charge in [-0.05, 0) is 25.3 Å². The van der Waals surface area contributed by atoms with E-state index in [1.54, 1.807) is 0 Å². The van der Waals surface area contributed by atoms with Crippen molar-refractivity contribution in [3.8, 4) is 0 Å². The maximum atomic E-state index is 12.6. The lowest BCUT2D eigenvalue weighted by atomic mass is 10.4. The molecule has 0 aliphatic heterocycles. The van der Waals surface area contributed by atoms with E-state index in [-0.39, 0.29) is 19.0 Å². The van der Waals surface area contributed by atoms with Crippen LogP contribution in [0.2, 0.25) is 0 Å². The van der Waals surface area contributed by atoms with Gasteiger partial charge in [0.25, 0.3) is 10.2 Å². The highest BCUT2D eigenvalue weighted by atomic mass is 32.2. The standard InChI is InChI=1S/C13H22N2O4S2/c1-11(2)15(10-12-6-5-9-20-12)21(17,18)14(3)8-7-13(16)19-4/h5-6,9,11H,7-8,10H2,1-4H3. The number of hydrogen-bond donors (Lipinski definition) is 0. The summed E-state index contributed by atoms with van der Waals surface area (Å²) in [6.45, 7) is 4.10. The Morgan fingerprint density at radius 1 is 1.43 bits per heavy atom. The number of esters is 1. The van der Waals surface area contributed by atoms with Gasteiger partial charge < -0.3 is 4.74 Å². The molecule has 120 valence electrons. The van der Waals surface area contributed by atoms with Gasteiger partial charge in [0.1, 0.15) is 0 Å². The van der Waals surface area contributed by atoms with E-state index in [2.05, 4.69) is 4.74 Å². The van der Waals surface area contributed by atoms with Gasteiger partial charge in [0.05, 0.1) is 13.5 Å². The smallest absolute Gasteiger partial charge is 0.306 e. The molecule has 8 heteroatoms. The van der Waals surface area contributed by atoms with Gasteiger partial charge in [0, 0.05) is 31.1 Å². The first-order valence-corrected chi connectivity index (χ1v) is 8.89. The van der Waals surface area contributed by atoms with Crippen LogP contribution in [0.3, 0.4) is 0 Å². The molecule has 0 saturated heterocycles. The molecule has 1 rings (SSSR count). The topological polar surface area (TPSA) is 66.9 Å². The van der Waals surface area contributed by atoms with Crippen LogP contribution < -0.4 is 0 Å². The molecule has 0 aliphatic rings. The van der Waals surface area contributed by atoms with Crippen molar-refractivity contribution in [1.29, 1.82) is 0 Å². The molecule has 0 atom stereocenters. The molecule has 0 fully saturated rings. The lowest BCUT2D eigenvalue weighted by molar-refractivity contribution is -0.140. The van der Waals surface area contributed by atoms with Crippen molar-refractivity contribution in [1.82, 2.24) is 8.61 Å². The zero-order chi connectivity index (χ0) is 16.0. The fourth-order valence-corrected chi connectivity index (χ4v) is 4.03. The second-order valence-corrected chi connectivity index (χ2v) is 7.89. The number of carbonyl (C=O) groups excluding carboxylic acids is 1. The first-order chi connectivity index (χ1) is 9.78. The molecule has 0 unspecified atom stereocenters. The van der Waals surface area contributed by atoms with E-state index in [1.807, 2.05) is 31.4 Å². The Labute approximate surface area is 130 Å². The van der Waals surface area contributed by atoms with Gasteiger partial charge in [-0.2, -0.15) is 17.0 Å². The van der Waals surface area contributed by atoms with Crippen molar-refractivity contribution in [2.45, 2.75) is 32.9 Å². The van der Waals surface area contributed by atoms with Gasteiger partial charge in [0.2, 0.25) is 0 Å². The minimum absolute atomic E-state index is 0.0389. The van der Waals surface area contributed by atoms with Crippen molar-refractivity contribution in [3.05, 3.63) is 22.4 Å². The van der Waals surface area contributed by atoms with Crippen LogP contribution in [-0.4, -0.2) is 49.7 Å². The van der Waals surface area contributed by atoms with Gasteiger partial charge in [0.15, 0.2) is 0 Å². The Kier molecular flexibility index (Phi) is 6.79. The first kappa shape index (κ1) is 18.1. The summed E-state index contributed by atoms with van der Waals surface area (Å²) < 4.78 is 32.4. The van der Waals surface area contributed by atoms with Crippen LogP contribution in [-0.2, 0) is 26.3 Å². The fourth-order valence-electron chi connectivity index (χ4n) is 1.73. The van der Waals surface area contributed by atoms with E-state index in [4.69, 9.17) is 0 Å². The summed E-state index contributed by atoms with van der Waals surface area (Å²) in [7, 11) is -0.855. The number of ether oxygens (including phenoxy) is 1. The second-order valence-electron chi connectivity index (χ2n) is 4.87. The molecule has 21 heavy (non-hydrogen) atoms. The average Bonchev–Trinajstić information content (AvgIpc) is 2.94. The molecular weight excluding hydrogens is 312 g/mol. The molecule has 0 N–H and O–H groups in total. The third-order valence-corrected chi connectivity index (χ3v) is 5.99. The molecule has 1 aromatic heterocycles. The molecule has 0 bridgehead atoms. The zero-order valence-electron chi connectivity index (χ0n) is 12.8. The van der Waals surface area contributed by atoms with E-state index >= 15 is 0 Å². The molecule has 0 amide bonds.